The third kappa shape index (κ3) is 2.73. The van der Waals surface area contributed by atoms with E-state index in [4.69, 9.17) is 0 Å². The third-order valence-electron chi connectivity index (χ3n) is 3.77. The van der Waals surface area contributed by atoms with Gasteiger partial charge in [-0.3, -0.25) is 4.79 Å². The summed E-state index contributed by atoms with van der Waals surface area (Å²) in [4.78, 5) is 14.5. The summed E-state index contributed by atoms with van der Waals surface area (Å²) in [6, 6.07) is 5.69. The van der Waals surface area contributed by atoms with Crippen molar-refractivity contribution in [1.29, 1.82) is 0 Å². The molecule has 5 heteroatoms. The van der Waals surface area contributed by atoms with E-state index in [9.17, 15) is 9.35 Å². The largest absolute Gasteiger partial charge is 0.588 e. The molecule has 0 saturated heterocycles. The summed E-state index contributed by atoms with van der Waals surface area (Å²) in [7, 11) is 1.81. The lowest BCUT2D eigenvalue weighted by molar-refractivity contribution is 0.103. The van der Waals surface area contributed by atoms with Gasteiger partial charge in [0.15, 0.2) is 10.7 Å². The van der Waals surface area contributed by atoms with Crippen molar-refractivity contribution in [2.75, 3.05) is 7.05 Å². The van der Waals surface area contributed by atoms with Gasteiger partial charge in [-0.05, 0) is 25.0 Å². The summed E-state index contributed by atoms with van der Waals surface area (Å²) in [5, 5.41) is 0.444. The first-order valence-electron chi connectivity index (χ1n) is 7.39. The second-order valence-electron chi connectivity index (χ2n) is 5.70. The maximum Gasteiger partial charge on any atom is 0.200 e. The van der Waals surface area contributed by atoms with Crippen LogP contribution < -0.4 is 0 Å². The van der Waals surface area contributed by atoms with E-state index in [1.165, 1.54) is 0 Å². The fraction of sp³-hybridized carbons (Fsp3) is 0.353. The van der Waals surface area contributed by atoms with Crippen LogP contribution in [0.25, 0.3) is 0 Å². The van der Waals surface area contributed by atoms with E-state index in [1.54, 1.807) is 16.1 Å². The predicted molar refractivity (Wildman–Crippen MR) is 91.3 cm³/mol. The molecule has 0 bridgehead atoms. The Morgan fingerprint density at radius 3 is 2.86 bits per heavy atom. The Bertz CT molecular complexity index is 679. The topological polar surface area (TPSA) is 43.4 Å². The van der Waals surface area contributed by atoms with E-state index in [1.807, 2.05) is 37.4 Å². The molecule has 0 saturated carbocycles. The minimum atomic E-state index is -1.33. The monoisotopic (exact) mass is 333 g/mol. The number of allylic oxidation sites excluding steroid dienone is 4. The van der Waals surface area contributed by atoms with Crippen LogP contribution in [-0.4, -0.2) is 26.9 Å². The van der Waals surface area contributed by atoms with Gasteiger partial charge in [0.25, 0.3) is 0 Å². The van der Waals surface area contributed by atoms with Crippen molar-refractivity contribution in [3.63, 3.8) is 0 Å². The quantitative estimate of drug-likeness (QED) is 0.607. The zero-order valence-electron chi connectivity index (χ0n) is 13.0. The smallest absolute Gasteiger partial charge is 0.200 e. The van der Waals surface area contributed by atoms with Crippen LogP contribution in [0.4, 0.5) is 0 Å². The molecule has 0 aromatic heterocycles. The third-order valence-corrected chi connectivity index (χ3v) is 6.20. The molecular weight excluding hydrogens is 314 g/mol. The van der Waals surface area contributed by atoms with E-state index in [0.29, 0.717) is 21.3 Å². The van der Waals surface area contributed by atoms with E-state index in [-0.39, 0.29) is 5.78 Å². The number of ketones is 1. The van der Waals surface area contributed by atoms with Crippen molar-refractivity contribution in [2.24, 2.45) is 0 Å². The summed E-state index contributed by atoms with van der Waals surface area (Å²) >= 11 is 0.382. The Morgan fingerprint density at radius 1 is 1.36 bits per heavy atom. The molecule has 0 spiro atoms. The van der Waals surface area contributed by atoms with Crippen molar-refractivity contribution in [3.05, 3.63) is 47.2 Å². The van der Waals surface area contributed by atoms with Gasteiger partial charge in [-0.1, -0.05) is 26.0 Å². The van der Waals surface area contributed by atoms with Gasteiger partial charge in [-0.25, -0.2) is 0 Å². The van der Waals surface area contributed by atoms with E-state index >= 15 is 0 Å². The Kier molecular flexibility index (Phi) is 4.39. The number of benzene rings is 1. The first-order chi connectivity index (χ1) is 10.5. The first-order valence-corrected chi connectivity index (χ1v) is 9.38. The molecule has 1 aliphatic carbocycles. The van der Waals surface area contributed by atoms with Crippen molar-refractivity contribution in [2.45, 2.75) is 41.7 Å². The van der Waals surface area contributed by atoms with Gasteiger partial charge in [0.1, 0.15) is 11.4 Å². The normalized spacial score (nSPS) is 21.0. The summed E-state index contributed by atoms with van der Waals surface area (Å²) in [5.74, 6) is -0.0141. The number of rotatable bonds is 2. The fourth-order valence-electron chi connectivity index (χ4n) is 2.76. The van der Waals surface area contributed by atoms with Crippen LogP contribution in [0.2, 0.25) is 0 Å². The first kappa shape index (κ1) is 15.7. The molecule has 1 heterocycles. The molecule has 0 amide bonds. The van der Waals surface area contributed by atoms with Gasteiger partial charge < -0.3 is 4.55 Å². The average Bonchev–Trinajstić information content (AvgIpc) is 2.58. The number of carbonyl (C=O) groups excluding carboxylic acids is 1. The highest BCUT2D eigenvalue weighted by Crippen LogP contribution is 2.36. The molecule has 0 radical (unpaired) electrons. The molecule has 1 aromatic rings. The van der Waals surface area contributed by atoms with Crippen molar-refractivity contribution < 1.29 is 9.35 Å². The lowest BCUT2D eigenvalue weighted by atomic mass is 9.96. The van der Waals surface area contributed by atoms with Crippen molar-refractivity contribution >= 4 is 28.9 Å². The minimum absolute atomic E-state index is 0.0141. The molecule has 22 heavy (non-hydrogen) atoms. The number of hydrogen-bond acceptors (Lipinski definition) is 4. The summed E-state index contributed by atoms with van der Waals surface area (Å²) in [6.07, 6.45) is 5.54. The SMILES string of the molecule is CC(C)Sc1ccc2c(c1)[S+]([O-])N(C)C1=C(C=CCC1)C2=O. The lowest BCUT2D eigenvalue weighted by Gasteiger charge is -2.24. The maximum absolute atomic E-state index is 12.9. The average molecular weight is 333 g/mol. The van der Waals surface area contributed by atoms with Crippen molar-refractivity contribution in [1.82, 2.24) is 4.31 Å². The standard InChI is InChI=1S/C17H19NO2S2/c1-11(2)21-12-8-9-14-16(10-12)22(20)18(3)15-7-5-4-6-13(15)17(14)19/h4,6,8-11H,5,7H2,1-3H3. The Labute approximate surface area is 138 Å². The number of carbonyl (C=O) groups is 1. The number of fused-ring (bicyclic) bond motifs is 1. The molecule has 2 aliphatic rings. The Hall–Kier alpha value is -1.17. The second kappa shape index (κ2) is 6.14. The van der Waals surface area contributed by atoms with Gasteiger partial charge in [-0.15, -0.1) is 11.8 Å². The van der Waals surface area contributed by atoms with Crippen LogP contribution in [-0.2, 0) is 11.4 Å². The highest BCUT2D eigenvalue weighted by atomic mass is 32.2. The van der Waals surface area contributed by atoms with Crippen LogP contribution in [0.5, 0.6) is 0 Å². The molecule has 3 nitrogen and oxygen atoms in total. The highest BCUT2D eigenvalue weighted by Gasteiger charge is 2.35. The van der Waals surface area contributed by atoms with Crippen LogP contribution in [0.3, 0.4) is 0 Å². The predicted octanol–water partition coefficient (Wildman–Crippen LogP) is 3.94. The molecule has 1 atom stereocenters. The maximum atomic E-state index is 12.9. The summed E-state index contributed by atoms with van der Waals surface area (Å²) < 4.78 is 14.6. The number of hydrogen-bond donors (Lipinski definition) is 0. The zero-order chi connectivity index (χ0) is 15.9. The Balaban J connectivity index is 2.10. The second-order valence-corrected chi connectivity index (χ2v) is 8.84. The van der Waals surface area contributed by atoms with Crippen molar-refractivity contribution in [3.8, 4) is 0 Å². The summed E-state index contributed by atoms with van der Waals surface area (Å²) in [6.45, 7) is 4.24. The number of nitrogens with zero attached hydrogens (tertiary/aromatic N) is 1. The number of Topliss-reactive ketones (excluding diaryl/α,β-unsaturated/α-hetero) is 1. The van der Waals surface area contributed by atoms with Crippen LogP contribution >= 0.6 is 11.8 Å². The zero-order valence-corrected chi connectivity index (χ0v) is 14.6. The van der Waals surface area contributed by atoms with Gasteiger partial charge in [-0.2, -0.15) is 4.31 Å². The molecule has 1 aromatic carbocycles. The van der Waals surface area contributed by atoms with Crippen LogP contribution in [0.1, 0.15) is 37.0 Å². The van der Waals surface area contributed by atoms with E-state index < -0.39 is 11.4 Å². The van der Waals surface area contributed by atoms with Crippen LogP contribution in [0.15, 0.2) is 51.4 Å². The molecule has 0 fully saturated rings. The van der Waals surface area contributed by atoms with E-state index in [2.05, 4.69) is 13.8 Å². The molecule has 1 unspecified atom stereocenters. The molecule has 3 rings (SSSR count). The van der Waals surface area contributed by atoms with Gasteiger partial charge in [0.05, 0.1) is 18.3 Å². The molecule has 116 valence electrons. The van der Waals surface area contributed by atoms with Gasteiger partial charge in [0, 0.05) is 21.8 Å². The molecule has 0 N–H and O–H groups in total. The minimum Gasteiger partial charge on any atom is -0.588 e. The van der Waals surface area contributed by atoms with Gasteiger partial charge >= 0.3 is 0 Å². The summed E-state index contributed by atoms with van der Waals surface area (Å²) in [5.41, 5.74) is 2.14. The van der Waals surface area contributed by atoms with Gasteiger partial charge in [0.2, 0.25) is 0 Å². The van der Waals surface area contributed by atoms with Crippen LogP contribution in [0, 0.1) is 0 Å². The molecular formula is C17H19NO2S2. The fourth-order valence-corrected chi connectivity index (χ4v) is 4.97. The number of thioether (sulfide) groups is 1. The molecule has 1 aliphatic heterocycles. The van der Waals surface area contributed by atoms with E-state index in [0.717, 1.165) is 23.4 Å². The Morgan fingerprint density at radius 2 is 2.14 bits per heavy atom. The highest BCUT2D eigenvalue weighted by molar-refractivity contribution is 8.00. The lowest BCUT2D eigenvalue weighted by Crippen LogP contribution is -2.27.